The number of guanidine groups is 1. The van der Waals surface area contributed by atoms with Crippen molar-refractivity contribution in [3.8, 4) is 5.75 Å². The lowest BCUT2D eigenvalue weighted by Gasteiger charge is -2.21. The number of carbonyl (C=O) groups is 2. The zero-order valence-electron chi connectivity index (χ0n) is 25.8. The van der Waals surface area contributed by atoms with Gasteiger partial charge in [-0.15, -0.1) is 0 Å². The summed E-state index contributed by atoms with van der Waals surface area (Å²) in [6, 6.07) is 14.3. The van der Waals surface area contributed by atoms with E-state index in [1.165, 1.54) is 69.8 Å². The van der Waals surface area contributed by atoms with Crippen LogP contribution in [0.1, 0.15) is 100 Å². The molecule has 8 nitrogen and oxygen atoms in total. The fraction of sp³-hybridized carbons (Fsp3) is 0.571. The average Bonchev–Trinajstić information content (AvgIpc) is 3.01. The van der Waals surface area contributed by atoms with Gasteiger partial charge in [-0.2, -0.15) is 0 Å². The standard InChI is InChI=1S/C35H53N5O3/c36-32(23-28-18-20-31(41)21-19-28)33(42)24-30(13-8-22-39-35(37)38)34(43)40-25-29-16-14-27(15-17-29)12-5-2-1-4-9-26-10-6-3-7-11-26/h14-21,26,30,32,41H,1-13,22-25,36H2,(H,40,43)(H4,37,38,39)/t30-,32+/m1/s1. The first kappa shape index (κ1) is 34.1. The number of hydrogen-bond donors (Lipinski definition) is 5. The van der Waals surface area contributed by atoms with Crippen molar-refractivity contribution in [2.75, 3.05) is 6.54 Å². The number of benzene rings is 2. The van der Waals surface area contributed by atoms with E-state index in [-0.39, 0.29) is 29.8 Å². The molecule has 236 valence electrons. The molecule has 1 fully saturated rings. The number of carbonyl (C=O) groups excluding carboxylic acids is 2. The Bertz CT molecular complexity index is 1120. The molecule has 0 heterocycles. The molecule has 0 aliphatic heterocycles. The summed E-state index contributed by atoms with van der Waals surface area (Å²) in [6.07, 6.45) is 16.3. The summed E-state index contributed by atoms with van der Waals surface area (Å²) in [5.74, 6) is 0.277. The summed E-state index contributed by atoms with van der Waals surface area (Å²) in [5, 5.41) is 12.5. The van der Waals surface area contributed by atoms with Crippen molar-refractivity contribution in [2.24, 2.45) is 34.0 Å². The van der Waals surface area contributed by atoms with E-state index in [1.807, 2.05) is 0 Å². The van der Waals surface area contributed by atoms with Crippen molar-refractivity contribution in [3.63, 3.8) is 0 Å². The van der Waals surface area contributed by atoms with Crippen molar-refractivity contribution in [3.05, 3.63) is 65.2 Å². The minimum absolute atomic E-state index is 0.00565. The molecule has 0 radical (unpaired) electrons. The predicted molar refractivity (Wildman–Crippen MR) is 174 cm³/mol. The molecule has 1 amide bonds. The molecule has 1 aliphatic carbocycles. The van der Waals surface area contributed by atoms with Crippen LogP contribution in [0, 0.1) is 11.8 Å². The smallest absolute Gasteiger partial charge is 0.223 e. The molecule has 0 spiro atoms. The number of nitrogens with zero attached hydrogens (tertiary/aromatic N) is 1. The Balaban J connectivity index is 1.42. The number of amides is 1. The number of aryl methyl sites for hydroxylation is 1. The van der Waals surface area contributed by atoms with Crippen LogP contribution in [0.25, 0.3) is 0 Å². The third kappa shape index (κ3) is 13.6. The second kappa shape index (κ2) is 19.0. The summed E-state index contributed by atoms with van der Waals surface area (Å²) in [4.78, 5) is 30.2. The molecule has 0 unspecified atom stereocenters. The minimum Gasteiger partial charge on any atom is -0.508 e. The minimum atomic E-state index is -0.734. The number of ketones is 1. The van der Waals surface area contributed by atoms with Gasteiger partial charge in [0.2, 0.25) is 5.91 Å². The molecule has 1 saturated carbocycles. The predicted octanol–water partition coefficient (Wildman–Crippen LogP) is 5.28. The van der Waals surface area contributed by atoms with E-state index in [0.29, 0.717) is 32.4 Å². The maximum atomic E-state index is 13.2. The Hall–Kier alpha value is -3.39. The van der Waals surface area contributed by atoms with E-state index in [4.69, 9.17) is 17.2 Å². The maximum Gasteiger partial charge on any atom is 0.223 e. The molecule has 1 aliphatic rings. The van der Waals surface area contributed by atoms with Gasteiger partial charge < -0.3 is 27.6 Å². The first-order chi connectivity index (χ1) is 20.8. The maximum absolute atomic E-state index is 13.2. The summed E-state index contributed by atoms with van der Waals surface area (Å²) in [6.45, 7) is 0.792. The molecule has 0 aromatic heterocycles. The fourth-order valence-electron chi connectivity index (χ4n) is 6.01. The summed E-state index contributed by atoms with van der Waals surface area (Å²) in [5.41, 5.74) is 20.3. The largest absolute Gasteiger partial charge is 0.508 e. The van der Waals surface area contributed by atoms with Gasteiger partial charge in [0.25, 0.3) is 0 Å². The van der Waals surface area contributed by atoms with Gasteiger partial charge in [0, 0.05) is 25.4 Å². The Morgan fingerprint density at radius 2 is 1.51 bits per heavy atom. The van der Waals surface area contributed by atoms with Crippen molar-refractivity contribution >= 4 is 17.6 Å². The molecule has 2 aromatic carbocycles. The molecule has 43 heavy (non-hydrogen) atoms. The van der Waals surface area contributed by atoms with Gasteiger partial charge in [-0.25, -0.2) is 0 Å². The first-order valence-corrected chi connectivity index (χ1v) is 16.3. The molecule has 3 rings (SSSR count). The second-order valence-corrected chi connectivity index (χ2v) is 12.3. The van der Waals surface area contributed by atoms with Crippen molar-refractivity contribution < 1.29 is 14.7 Å². The quantitative estimate of drug-likeness (QED) is 0.0850. The van der Waals surface area contributed by atoms with Gasteiger partial charge in [0.1, 0.15) is 5.75 Å². The van der Waals surface area contributed by atoms with Crippen LogP contribution < -0.4 is 22.5 Å². The summed E-state index contributed by atoms with van der Waals surface area (Å²) in [7, 11) is 0. The molecule has 8 N–H and O–H groups in total. The number of nitrogens with two attached hydrogens (primary N) is 3. The van der Waals surface area contributed by atoms with E-state index >= 15 is 0 Å². The zero-order chi connectivity index (χ0) is 30.9. The number of aromatic hydroxyl groups is 1. The molecular formula is C35H53N5O3. The highest BCUT2D eigenvalue weighted by molar-refractivity contribution is 5.89. The van der Waals surface area contributed by atoms with E-state index < -0.39 is 12.0 Å². The number of Topliss-reactive ketones (excluding diaryl/α,β-unsaturated/α-hetero) is 1. The fourth-order valence-corrected chi connectivity index (χ4v) is 6.01. The third-order valence-electron chi connectivity index (χ3n) is 8.67. The zero-order valence-corrected chi connectivity index (χ0v) is 25.8. The number of rotatable bonds is 19. The number of hydrogen-bond acceptors (Lipinski definition) is 5. The Labute approximate surface area is 257 Å². The normalized spacial score (nSPS) is 15.0. The Morgan fingerprint density at radius 3 is 2.21 bits per heavy atom. The van der Waals surface area contributed by atoms with Crippen LogP contribution in [0.15, 0.2) is 53.5 Å². The summed E-state index contributed by atoms with van der Waals surface area (Å²) >= 11 is 0. The van der Waals surface area contributed by atoms with Gasteiger partial charge in [-0.1, -0.05) is 94.2 Å². The molecule has 2 aromatic rings. The van der Waals surface area contributed by atoms with E-state index in [0.717, 1.165) is 23.5 Å². The summed E-state index contributed by atoms with van der Waals surface area (Å²) < 4.78 is 0. The molecule has 0 bridgehead atoms. The van der Waals surface area contributed by atoms with Crippen molar-refractivity contribution in [2.45, 2.75) is 109 Å². The van der Waals surface area contributed by atoms with E-state index in [1.54, 1.807) is 24.3 Å². The highest BCUT2D eigenvalue weighted by Gasteiger charge is 2.25. The average molecular weight is 592 g/mol. The van der Waals surface area contributed by atoms with E-state index in [2.05, 4.69) is 34.6 Å². The van der Waals surface area contributed by atoms with Crippen LogP contribution in [-0.4, -0.2) is 35.3 Å². The van der Waals surface area contributed by atoms with Gasteiger partial charge in [0.15, 0.2) is 11.7 Å². The lowest BCUT2D eigenvalue weighted by atomic mass is 9.85. The molecule has 2 atom stereocenters. The number of phenolic OH excluding ortho intramolecular Hbond substituents is 1. The van der Waals surface area contributed by atoms with Crippen molar-refractivity contribution in [1.82, 2.24) is 5.32 Å². The Kier molecular flexibility index (Phi) is 15.1. The Morgan fingerprint density at radius 1 is 0.860 bits per heavy atom. The number of phenols is 1. The highest BCUT2D eigenvalue weighted by atomic mass is 16.3. The van der Waals surface area contributed by atoms with Gasteiger partial charge in [-0.05, 0) is 66.8 Å². The number of unbranched alkanes of at least 4 members (excludes halogenated alkanes) is 3. The van der Waals surface area contributed by atoms with E-state index in [9.17, 15) is 14.7 Å². The van der Waals surface area contributed by atoms with Crippen LogP contribution in [0.2, 0.25) is 0 Å². The third-order valence-corrected chi connectivity index (χ3v) is 8.67. The van der Waals surface area contributed by atoms with Gasteiger partial charge in [0.05, 0.1) is 6.04 Å². The lowest BCUT2D eigenvalue weighted by Crippen LogP contribution is -2.38. The van der Waals surface area contributed by atoms with Crippen LogP contribution >= 0.6 is 0 Å². The molecule has 0 saturated heterocycles. The van der Waals surface area contributed by atoms with Crippen LogP contribution in [0.4, 0.5) is 0 Å². The number of aliphatic imine (C=N–C) groups is 1. The number of nitrogens with one attached hydrogen (secondary N) is 1. The molecular weight excluding hydrogens is 538 g/mol. The monoisotopic (exact) mass is 591 g/mol. The van der Waals surface area contributed by atoms with Gasteiger partial charge in [-0.3, -0.25) is 14.6 Å². The SMILES string of the molecule is NC(N)=NCCC[C@H](CC(=O)[C@@H](N)Cc1ccc(O)cc1)C(=O)NCc1ccc(CCCCCCC2CCCCC2)cc1. The van der Waals surface area contributed by atoms with Crippen LogP contribution in [-0.2, 0) is 29.0 Å². The topological polar surface area (TPSA) is 157 Å². The van der Waals surface area contributed by atoms with Gasteiger partial charge >= 0.3 is 0 Å². The highest BCUT2D eigenvalue weighted by Crippen LogP contribution is 2.28. The van der Waals surface area contributed by atoms with Crippen LogP contribution in [0.3, 0.4) is 0 Å². The second-order valence-electron chi connectivity index (χ2n) is 12.3. The molecule has 8 heteroatoms. The lowest BCUT2D eigenvalue weighted by molar-refractivity contribution is -0.130. The van der Waals surface area contributed by atoms with Crippen molar-refractivity contribution in [1.29, 1.82) is 0 Å². The van der Waals surface area contributed by atoms with Crippen LogP contribution in [0.5, 0.6) is 5.75 Å². The first-order valence-electron chi connectivity index (χ1n) is 16.3.